The molecule has 0 aliphatic carbocycles. The number of rotatable bonds is 4. The third-order valence-electron chi connectivity index (χ3n) is 4.05. The molecule has 0 radical (unpaired) electrons. The lowest BCUT2D eigenvalue weighted by atomic mass is 10.1. The third kappa shape index (κ3) is 4.15. The first-order valence-electron chi connectivity index (χ1n) is 8.89. The molecule has 0 saturated heterocycles. The smallest absolute Gasteiger partial charge is 0.343 e. The van der Waals surface area contributed by atoms with E-state index in [1.165, 1.54) is 0 Å². The molecule has 3 rings (SSSR count). The minimum atomic E-state index is -0.852. The number of aliphatic imine (C=N–C) groups is 2. The zero-order chi connectivity index (χ0) is 21.0. The Morgan fingerprint density at radius 1 is 1.24 bits per heavy atom. The molecule has 10 heteroatoms. The van der Waals surface area contributed by atoms with Gasteiger partial charge in [0.1, 0.15) is 11.1 Å². The largest absolute Gasteiger partial charge is 0.494 e. The molecular formula is C19H19N5O5. The number of hydrogen-bond acceptors (Lipinski definition) is 8. The molecule has 2 aromatic rings. The number of benzene rings is 1. The van der Waals surface area contributed by atoms with Crippen LogP contribution in [0.1, 0.15) is 25.8 Å². The van der Waals surface area contributed by atoms with Gasteiger partial charge in [0.15, 0.2) is 5.84 Å². The van der Waals surface area contributed by atoms with E-state index in [1.54, 1.807) is 19.1 Å². The number of nitrogens with zero attached hydrogens (tertiary/aromatic N) is 2. The number of aromatic nitrogens is 2. The number of nitrogens with one attached hydrogen (secondary N) is 3. The fourth-order valence-electron chi connectivity index (χ4n) is 2.71. The second-order valence-corrected chi connectivity index (χ2v) is 5.93. The van der Waals surface area contributed by atoms with Crippen LogP contribution in [0.25, 0.3) is 0 Å². The van der Waals surface area contributed by atoms with Gasteiger partial charge in [-0.1, -0.05) is 19.1 Å². The maximum absolute atomic E-state index is 12.6. The Hall–Kier alpha value is -3.95. The zero-order valence-corrected chi connectivity index (χ0v) is 15.8. The minimum Gasteiger partial charge on any atom is -0.494 e. The Morgan fingerprint density at radius 3 is 2.69 bits per heavy atom. The van der Waals surface area contributed by atoms with Crippen molar-refractivity contribution in [1.29, 1.82) is 0 Å². The molecule has 0 spiro atoms. The molecule has 0 fully saturated rings. The van der Waals surface area contributed by atoms with Gasteiger partial charge in [-0.2, -0.15) is 0 Å². The number of carbonyl (C=O) groups excluding carboxylic acids is 1. The average Bonchev–Trinajstić information content (AvgIpc) is 2.83. The van der Waals surface area contributed by atoms with E-state index in [9.17, 15) is 19.5 Å². The Kier molecular flexibility index (Phi) is 5.72. The van der Waals surface area contributed by atoms with E-state index in [1.807, 2.05) is 24.0 Å². The number of H-pyrrole nitrogens is 2. The molecular weight excluding hydrogens is 378 g/mol. The highest BCUT2D eigenvalue weighted by molar-refractivity contribution is 6.23. The number of aromatic amines is 2. The number of para-hydroxylation sites is 2. The van der Waals surface area contributed by atoms with Crippen molar-refractivity contribution in [3.8, 4) is 5.88 Å². The summed E-state index contributed by atoms with van der Waals surface area (Å²) in [4.78, 5) is 48.5. The second kappa shape index (κ2) is 8.38. The van der Waals surface area contributed by atoms with Crippen molar-refractivity contribution in [2.75, 3.05) is 11.9 Å². The maximum Gasteiger partial charge on any atom is 0.343 e. The van der Waals surface area contributed by atoms with E-state index in [0.717, 1.165) is 6.21 Å². The highest BCUT2D eigenvalue weighted by Crippen LogP contribution is 2.31. The highest BCUT2D eigenvalue weighted by atomic mass is 16.5. The van der Waals surface area contributed by atoms with Crippen LogP contribution in [0.3, 0.4) is 0 Å². The summed E-state index contributed by atoms with van der Waals surface area (Å²) in [6.07, 6.45) is 1.49. The summed E-state index contributed by atoms with van der Waals surface area (Å²) < 4.78 is 5.16. The summed E-state index contributed by atoms with van der Waals surface area (Å²) in [7, 11) is 0. The van der Waals surface area contributed by atoms with Crippen molar-refractivity contribution in [2.24, 2.45) is 9.98 Å². The summed E-state index contributed by atoms with van der Waals surface area (Å²) >= 11 is 0. The van der Waals surface area contributed by atoms with E-state index < -0.39 is 23.1 Å². The standard InChI is InChI=1S/C19H19N5O5/c1-3-11-14(18(27)29-4-2)15(22-13-8-6-5-7-12(13)21-11)20-9-10-16(25)23-19(28)24-17(10)26/h5-9,21H,3-4H2,1-2H3,(H3,23,24,25,26,28). The lowest BCUT2D eigenvalue weighted by Gasteiger charge is -2.12. The lowest BCUT2D eigenvalue weighted by molar-refractivity contribution is -0.137. The van der Waals surface area contributed by atoms with Gasteiger partial charge in [-0.05, 0) is 25.5 Å². The van der Waals surface area contributed by atoms with Crippen LogP contribution in [0.5, 0.6) is 5.88 Å². The van der Waals surface area contributed by atoms with Crippen LogP contribution >= 0.6 is 0 Å². The van der Waals surface area contributed by atoms with Crippen molar-refractivity contribution in [3.05, 3.63) is 61.9 Å². The molecule has 10 nitrogen and oxygen atoms in total. The van der Waals surface area contributed by atoms with E-state index >= 15 is 0 Å². The first-order chi connectivity index (χ1) is 13.9. The van der Waals surface area contributed by atoms with E-state index in [2.05, 4.69) is 20.3 Å². The van der Waals surface area contributed by atoms with Gasteiger partial charge in [-0.3, -0.25) is 14.8 Å². The molecule has 1 aromatic carbocycles. The number of aromatic hydroxyl groups is 1. The van der Waals surface area contributed by atoms with Crippen LogP contribution < -0.4 is 16.6 Å². The molecule has 29 heavy (non-hydrogen) atoms. The van der Waals surface area contributed by atoms with Crippen molar-refractivity contribution in [3.63, 3.8) is 0 Å². The Balaban J connectivity index is 2.18. The molecule has 0 bridgehead atoms. The van der Waals surface area contributed by atoms with Gasteiger partial charge < -0.3 is 15.2 Å². The van der Waals surface area contributed by atoms with Crippen molar-refractivity contribution >= 4 is 29.4 Å². The Morgan fingerprint density at radius 2 is 2.00 bits per heavy atom. The minimum absolute atomic E-state index is 0.00255. The first kappa shape index (κ1) is 19.8. The summed E-state index contributed by atoms with van der Waals surface area (Å²) in [5.74, 6) is -1.27. The van der Waals surface area contributed by atoms with Gasteiger partial charge in [0.2, 0.25) is 5.88 Å². The number of hydrogen-bond donors (Lipinski definition) is 4. The summed E-state index contributed by atoms with van der Waals surface area (Å²) in [6.45, 7) is 3.69. The molecule has 0 atom stereocenters. The molecule has 1 aromatic heterocycles. The van der Waals surface area contributed by atoms with Gasteiger partial charge in [0, 0.05) is 11.9 Å². The molecule has 1 aliphatic heterocycles. The normalized spacial score (nSPS) is 13.5. The van der Waals surface area contributed by atoms with Crippen LogP contribution in [-0.4, -0.2) is 39.7 Å². The topological polar surface area (TPSA) is 149 Å². The molecule has 2 heterocycles. The quantitative estimate of drug-likeness (QED) is 0.454. The Labute approximate surface area is 164 Å². The van der Waals surface area contributed by atoms with E-state index in [-0.39, 0.29) is 23.6 Å². The maximum atomic E-state index is 12.6. The van der Waals surface area contributed by atoms with Gasteiger partial charge in [0.05, 0.1) is 18.0 Å². The molecule has 150 valence electrons. The van der Waals surface area contributed by atoms with Crippen molar-refractivity contribution in [2.45, 2.75) is 20.3 Å². The van der Waals surface area contributed by atoms with E-state index in [0.29, 0.717) is 23.5 Å². The van der Waals surface area contributed by atoms with Crippen molar-refractivity contribution in [1.82, 2.24) is 9.97 Å². The zero-order valence-electron chi connectivity index (χ0n) is 15.8. The van der Waals surface area contributed by atoms with Gasteiger partial charge in [0.25, 0.3) is 5.56 Å². The number of anilines is 1. The van der Waals surface area contributed by atoms with Crippen LogP contribution in [0, 0.1) is 0 Å². The van der Waals surface area contributed by atoms with Crippen LogP contribution in [-0.2, 0) is 9.53 Å². The lowest BCUT2D eigenvalue weighted by Crippen LogP contribution is -2.25. The SMILES string of the molecule is CCOC(=O)C1=C(CC)Nc2ccccc2N=C1N=Cc1c(O)[nH]c(=O)[nH]c1=O. The fourth-order valence-corrected chi connectivity index (χ4v) is 2.71. The third-order valence-corrected chi connectivity index (χ3v) is 4.05. The average molecular weight is 397 g/mol. The van der Waals surface area contributed by atoms with Gasteiger partial charge >= 0.3 is 11.7 Å². The first-order valence-corrected chi connectivity index (χ1v) is 8.89. The highest BCUT2D eigenvalue weighted by Gasteiger charge is 2.25. The predicted octanol–water partition coefficient (Wildman–Crippen LogP) is 1.57. The van der Waals surface area contributed by atoms with Crippen LogP contribution in [0.15, 0.2) is 55.1 Å². The molecule has 0 saturated carbocycles. The fraction of sp³-hybridized carbons (Fsp3) is 0.211. The number of carbonyl (C=O) groups is 1. The summed E-state index contributed by atoms with van der Waals surface area (Å²) in [6, 6.07) is 7.15. The Bertz CT molecular complexity index is 1160. The monoisotopic (exact) mass is 397 g/mol. The molecule has 4 N–H and O–H groups in total. The van der Waals surface area contributed by atoms with Gasteiger partial charge in [-0.25, -0.2) is 19.6 Å². The van der Waals surface area contributed by atoms with Crippen LogP contribution in [0.4, 0.5) is 11.4 Å². The summed E-state index contributed by atoms with van der Waals surface area (Å²) in [5, 5.41) is 13.0. The van der Waals surface area contributed by atoms with Crippen molar-refractivity contribution < 1.29 is 14.6 Å². The number of amidine groups is 1. The number of ether oxygens (including phenoxy) is 1. The van der Waals surface area contributed by atoms with Gasteiger partial charge in [-0.15, -0.1) is 0 Å². The molecule has 1 aliphatic rings. The number of esters is 1. The summed E-state index contributed by atoms with van der Waals surface area (Å²) in [5.41, 5.74) is -0.0919. The van der Waals surface area contributed by atoms with E-state index in [4.69, 9.17) is 4.74 Å². The molecule has 0 unspecified atom stereocenters. The number of allylic oxidation sites excluding steroid dienone is 1. The predicted molar refractivity (Wildman–Crippen MR) is 108 cm³/mol. The number of fused-ring (bicyclic) bond motifs is 1. The second-order valence-electron chi connectivity index (χ2n) is 5.93. The molecule has 0 amide bonds. The van der Waals surface area contributed by atoms with Crippen LogP contribution in [0.2, 0.25) is 0 Å².